The number of nitriles is 1. The number of nitrogens with one attached hydrogen (secondary N) is 1. The third kappa shape index (κ3) is 5.09. The van der Waals surface area contributed by atoms with Crippen LogP contribution < -0.4 is 20.3 Å². The molecule has 4 aromatic rings. The van der Waals surface area contributed by atoms with Gasteiger partial charge in [0, 0.05) is 12.0 Å². The molecule has 1 amide bonds. The van der Waals surface area contributed by atoms with E-state index in [2.05, 4.69) is 25.6 Å². The Bertz CT molecular complexity index is 1590. The van der Waals surface area contributed by atoms with Gasteiger partial charge in [-0.1, -0.05) is 28.7 Å². The first-order valence-corrected chi connectivity index (χ1v) is 12.5. The van der Waals surface area contributed by atoms with Crippen molar-refractivity contribution >= 4 is 44.7 Å². The molecule has 13 heteroatoms. The van der Waals surface area contributed by atoms with Crippen molar-refractivity contribution in [3.8, 4) is 17.6 Å². The van der Waals surface area contributed by atoms with Crippen LogP contribution in [-0.4, -0.2) is 37.8 Å². The molecular formula is C23H19N7O4S2. The Hall–Kier alpha value is -4.15. The fourth-order valence-electron chi connectivity index (χ4n) is 3.33. The number of ether oxygens (including phenoxy) is 2. The average molecular weight is 522 g/mol. The Morgan fingerprint density at radius 1 is 1.28 bits per heavy atom. The Labute approximate surface area is 212 Å². The lowest BCUT2D eigenvalue weighted by Gasteiger charge is -2.11. The number of anilines is 1. The Balaban J connectivity index is 1.30. The van der Waals surface area contributed by atoms with Gasteiger partial charge in [0.05, 0.1) is 12.8 Å². The second-order valence-electron chi connectivity index (χ2n) is 7.94. The predicted molar refractivity (Wildman–Crippen MR) is 133 cm³/mol. The van der Waals surface area contributed by atoms with E-state index >= 15 is 0 Å². The summed E-state index contributed by atoms with van der Waals surface area (Å²) < 4.78 is 12.5. The van der Waals surface area contributed by atoms with E-state index in [1.54, 1.807) is 25.1 Å². The molecule has 0 saturated heterocycles. The van der Waals surface area contributed by atoms with Gasteiger partial charge in [0.25, 0.3) is 11.5 Å². The fraction of sp³-hybridized carbons (Fsp3) is 0.261. The van der Waals surface area contributed by atoms with Crippen molar-refractivity contribution in [2.45, 2.75) is 32.3 Å². The van der Waals surface area contributed by atoms with E-state index < -0.39 is 5.91 Å². The number of hydrogen-bond acceptors (Lipinski definition) is 11. The summed E-state index contributed by atoms with van der Waals surface area (Å²) in [6.07, 6.45) is 3.63. The number of carbonyl (C=O) groups excluding carboxylic acids is 1. The zero-order valence-corrected chi connectivity index (χ0v) is 20.9. The molecule has 1 aliphatic rings. The third-order valence-corrected chi connectivity index (χ3v) is 7.05. The molecule has 1 aliphatic carbocycles. The molecule has 1 aromatic carbocycles. The number of methoxy groups -OCH3 is 1. The first-order valence-electron chi connectivity index (χ1n) is 10.9. The summed E-state index contributed by atoms with van der Waals surface area (Å²) in [4.78, 5) is 29.7. The minimum absolute atomic E-state index is 0.0464. The molecule has 0 aliphatic heterocycles. The number of carbonyl (C=O) groups is 1. The van der Waals surface area contributed by atoms with Crippen LogP contribution in [0.4, 0.5) is 5.13 Å². The Morgan fingerprint density at radius 3 is 2.86 bits per heavy atom. The molecule has 0 radical (unpaired) electrons. The molecule has 1 saturated carbocycles. The maximum atomic E-state index is 12.6. The number of rotatable bonds is 8. The maximum Gasteiger partial charge on any atom is 0.275 e. The minimum Gasteiger partial charge on any atom is -0.493 e. The zero-order valence-electron chi connectivity index (χ0n) is 19.2. The molecule has 0 spiro atoms. The normalized spacial score (nSPS) is 13.4. The van der Waals surface area contributed by atoms with Crippen LogP contribution in [0.1, 0.15) is 40.0 Å². The highest BCUT2D eigenvalue weighted by molar-refractivity contribution is 7.16. The summed E-state index contributed by atoms with van der Waals surface area (Å²) in [5.41, 5.74) is 0.654. The molecule has 11 nitrogen and oxygen atoms in total. The van der Waals surface area contributed by atoms with Crippen molar-refractivity contribution in [2.75, 3.05) is 12.4 Å². The van der Waals surface area contributed by atoms with Gasteiger partial charge < -0.3 is 9.47 Å². The number of amides is 1. The summed E-state index contributed by atoms with van der Waals surface area (Å²) in [6, 6.07) is 8.29. The summed E-state index contributed by atoms with van der Waals surface area (Å²) in [6.45, 7) is 1.85. The molecule has 1 N–H and O–H groups in total. The summed E-state index contributed by atoms with van der Waals surface area (Å²) in [7, 11) is 1.48. The van der Waals surface area contributed by atoms with Crippen LogP contribution >= 0.6 is 22.7 Å². The molecule has 182 valence electrons. The van der Waals surface area contributed by atoms with E-state index in [1.807, 2.05) is 6.07 Å². The van der Waals surface area contributed by atoms with Crippen LogP contribution in [0.15, 0.2) is 34.6 Å². The predicted octanol–water partition coefficient (Wildman–Crippen LogP) is 3.32. The highest BCUT2D eigenvalue weighted by Gasteiger charge is 2.28. The summed E-state index contributed by atoms with van der Waals surface area (Å²) in [5.74, 6) is 0.679. The van der Waals surface area contributed by atoms with Gasteiger partial charge in [0.15, 0.2) is 11.5 Å². The number of benzene rings is 1. The molecular weight excluding hydrogens is 502 g/mol. The number of fused-ring (bicyclic) bond motifs is 1. The largest absolute Gasteiger partial charge is 0.493 e. The number of nitrogens with zero attached hydrogens (tertiary/aromatic N) is 6. The van der Waals surface area contributed by atoms with E-state index in [9.17, 15) is 14.9 Å². The van der Waals surface area contributed by atoms with Crippen molar-refractivity contribution in [3.63, 3.8) is 0 Å². The number of aromatic nitrogens is 5. The molecule has 0 atom stereocenters. The van der Waals surface area contributed by atoms with E-state index in [1.165, 1.54) is 46.4 Å². The van der Waals surface area contributed by atoms with Crippen LogP contribution in [0.5, 0.6) is 11.5 Å². The lowest BCUT2D eigenvalue weighted by Crippen LogP contribution is -2.16. The second-order valence-corrected chi connectivity index (χ2v) is 10.1. The maximum absolute atomic E-state index is 12.6. The van der Waals surface area contributed by atoms with Crippen molar-refractivity contribution in [3.05, 3.63) is 61.5 Å². The van der Waals surface area contributed by atoms with Crippen LogP contribution in [0.3, 0.4) is 0 Å². The quantitative estimate of drug-likeness (QED) is 0.273. The molecule has 0 bridgehead atoms. The van der Waals surface area contributed by atoms with Gasteiger partial charge in [-0.05, 0) is 43.5 Å². The van der Waals surface area contributed by atoms with Crippen LogP contribution in [-0.2, 0) is 11.4 Å². The standard InChI is InChI=1S/C23H19N7O4S2/c1-12-29-30-19(31)9-16(25-23(30)35-12)11-34-17-6-3-13(8-18(17)33-2)7-15(10-24)20(32)26-22-28-27-21(36-22)14-4-5-14/h3,6-9,14H,4-5,11H2,1-2H3,(H,26,28,32). The van der Waals surface area contributed by atoms with Crippen molar-refractivity contribution < 1.29 is 14.3 Å². The van der Waals surface area contributed by atoms with E-state index in [-0.39, 0.29) is 17.7 Å². The summed E-state index contributed by atoms with van der Waals surface area (Å²) in [5, 5.41) is 26.4. The van der Waals surface area contributed by atoms with E-state index in [0.29, 0.717) is 38.8 Å². The van der Waals surface area contributed by atoms with Gasteiger partial charge >= 0.3 is 0 Å². The first-order chi connectivity index (χ1) is 17.4. The van der Waals surface area contributed by atoms with Gasteiger partial charge in [-0.3, -0.25) is 14.9 Å². The van der Waals surface area contributed by atoms with Gasteiger partial charge in [-0.25, -0.2) is 4.98 Å². The molecule has 36 heavy (non-hydrogen) atoms. The van der Waals surface area contributed by atoms with Crippen LogP contribution in [0.25, 0.3) is 11.0 Å². The SMILES string of the molecule is COc1cc(C=C(C#N)C(=O)Nc2nnc(C3CC3)s2)ccc1OCc1cc(=O)n2nc(C)sc2n1. The smallest absolute Gasteiger partial charge is 0.275 e. The van der Waals surface area contributed by atoms with Gasteiger partial charge in [-0.2, -0.15) is 14.9 Å². The first kappa shape index (κ1) is 23.6. The lowest BCUT2D eigenvalue weighted by molar-refractivity contribution is -0.112. The Morgan fingerprint density at radius 2 is 2.11 bits per heavy atom. The fourth-order valence-corrected chi connectivity index (χ4v) is 5.01. The highest BCUT2D eigenvalue weighted by atomic mass is 32.1. The average Bonchev–Trinajstić information content (AvgIpc) is 3.49. The molecule has 0 unspecified atom stereocenters. The van der Waals surface area contributed by atoms with Gasteiger partial charge in [0.1, 0.15) is 28.3 Å². The second kappa shape index (κ2) is 9.84. The monoisotopic (exact) mass is 521 g/mol. The van der Waals surface area contributed by atoms with Crippen molar-refractivity contribution in [1.82, 2.24) is 24.8 Å². The topological polar surface area (TPSA) is 144 Å². The lowest BCUT2D eigenvalue weighted by atomic mass is 10.1. The Kier molecular flexibility index (Phi) is 6.45. The molecule has 3 heterocycles. The third-order valence-electron chi connectivity index (χ3n) is 5.23. The molecule has 1 fully saturated rings. The summed E-state index contributed by atoms with van der Waals surface area (Å²) >= 11 is 2.64. The minimum atomic E-state index is -0.568. The van der Waals surface area contributed by atoms with Crippen LogP contribution in [0.2, 0.25) is 0 Å². The van der Waals surface area contributed by atoms with Gasteiger partial charge in [-0.15, -0.1) is 10.2 Å². The number of aryl methyl sites for hydroxylation is 1. The van der Waals surface area contributed by atoms with E-state index in [4.69, 9.17) is 9.47 Å². The van der Waals surface area contributed by atoms with Crippen molar-refractivity contribution in [2.24, 2.45) is 0 Å². The van der Waals surface area contributed by atoms with E-state index in [0.717, 1.165) is 22.9 Å². The van der Waals surface area contributed by atoms with Crippen molar-refractivity contribution in [1.29, 1.82) is 5.26 Å². The van der Waals surface area contributed by atoms with Gasteiger partial charge in [0.2, 0.25) is 10.1 Å². The zero-order chi connectivity index (χ0) is 25.2. The number of hydrogen-bond donors (Lipinski definition) is 1. The molecule has 3 aromatic heterocycles. The molecule has 5 rings (SSSR count). The highest BCUT2D eigenvalue weighted by Crippen LogP contribution is 2.42. The van der Waals surface area contributed by atoms with Crippen LogP contribution in [0, 0.1) is 18.3 Å².